The highest BCUT2D eigenvalue weighted by Gasteiger charge is 2.20. The van der Waals surface area contributed by atoms with Crippen molar-refractivity contribution in [2.24, 2.45) is 0 Å². The molecule has 1 heterocycles. The van der Waals surface area contributed by atoms with Gasteiger partial charge in [0.2, 0.25) is 0 Å². The third-order valence-corrected chi connectivity index (χ3v) is 7.25. The number of hydrogen-bond donors (Lipinski definition) is 2. The summed E-state index contributed by atoms with van der Waals surface area (Å²) in [5.74, 6) is 0.123. The van der Waals surface area contributed by atoms with E-state index in [0.29, 0.717) is 29.3 Å². The van der Waals surface area contributed by atoms with Crippen molar-refractivity contribution in [2.75, 3.05) is 23.3 Å². The Morgan fingerprint density at radius 2 is 1.86 bits per heavy atom. The topological polar surface area (TPSA) is 93.7 Å². The van der Waals surface area contributed by atoms with Crippen LogP contribution in [0.2, 0.25) is 0 Å². The van der Waals surface area contributed by atoms with E-state index in [1.807, 2.05) is 19.1 Å². The maximum Gasteiger partial charge on any atom is 0.261 e. The van der Waals surface area contributed by atoms with Gasteiger partial charge in [0, 0.05) is 17.9 Å². The first kappa shape index (κ1) is 24.8. The highest BCUT2D eigenvalue weighted by molar-refractivity contribution is 7.92. The van der Waals surface area contributed by atoms with Crippen molar-refractivity contribution >= 4 is 27.3 Å². The van der Waals surface area contributed by atoms with E-state index < -0.39 is 15.9 Å². The number of anilines is 2. The number of benzene rings is 3. The van der Waals surface area contributed by atoms with Crippen LogP contribution in [0.4, 0.5) is 11.4 Å². The summed E-state index contributed by atoms with van der Waals surface area (Å²) in [6.45, 7) is 4.80. The number of sulfonamides is 1. The van der Waals surface area contributed by atoms with Gasteiger partial charge in [-0.2, -0.15) is 0 Å². The fraction of sp³-hybridized carbons (Fsp3) is 0.296. The zero-order valence-corrected chi connectivity index (χ0v) is 20.7. The van der Waals surface area contributed by atoms with Crippen molar-refractivity contribution in [3.63, 3.8) is 0 Å². The number of carbonyl (C=O) groups excluding carboxylic acids is 1. The van der Waals surface area contributed by atoms with E-state index in [4.69, 9.17) is 9.47 Å². The molecule has 0 aliphatic carbocycles. The molecule has 1 atom stereocenters. The molecule has 1 unspecified atom stereocenters. The standard InChI is InChI=1S/C27H30N2O5S/c1-19-8-7-9-21(16-19)29-35(31,32)23-14-13-20(2)24(17-23)27(30)28-25-11-3-4-12-26(25)34-18-22-10-5-6-15-33-22/h3-4,7-9,11-14,16-17,22,29H,5-6,10,15,18H2,1-2H3,(H,28,30). The van der Waals surface area contributed by atoms with Gasteiger partial charge in [0.1, 0.15) is 12.4 Å². The van der Waals surface area contributed by atoms with Gasteiger partial charge < -0.3 is 14.8 Å². The Labute approximate surface area is 206 Å². The van der Waals surface area contributed by atoms with E-state index in [-0.39, 0.29) is 16.6 Å². The van der Waals surface area contributed by atoms with Crippen LogP contribution in [0.25, 0.3) is 0 Å². The molecule has 0 aromatic heterocycles. The van der Waals surface area contributed by atoms with Gasteiger partial charge in [0.15, 0.2) is 0 Å². The minimum atomic E-state index is -3.87. The second-order valence-corrected chi connectivity index (χ2v) is 10.4. The number of hydrogen-bond acceptors (Lipinski definition) is 5. The average Bonchev–Trinajstić information content (AvgIpc) is 2.84. The molecule has 1 aliphatic heterocycles. The van der Waals surface area contributed by atoms with E-state index in [1.165, 1.54) is 12.1 Å². The zero-order chi connectivity index (χ0) is 24.8. The third kappa shape index (κ3) is 6.41. The zero-order valence-electron chi connectivity index (χ0n) is 19.9. The molecule has 3 aromatic carbocycles. The molecule has 0 radical (unpaired) electrons. The van der Waals surface area contributed by atoms with E-state index in [2.05, 4.69) is 10.0 Å². The van der Waals surface area contributed by atoms with Gasteiger partial charge in [-0.25, -0.2) is 8.42 Å². The smallest absolute Gasteiger partial charge is 0.261 e. The van der Waals surface area contributed by atoms with E-state index >= 15 is 0 Å². The first-order chi connectivity index (χ1) is 16.8. The van der Waals surface area contributed by atoms with Crippen LogP contribution in [0.1, 0.15) is 40.7 Å². The van der Waals surface area contributed by atoms with Crippen LogP contribution in [0.3, 0.4) is 0 Å². The van der Waals surface area contributed by atoms with Crippen LogP contribution in [0, 0.1) is 13.8 Å². The third-order valence-electron chi connectivity index (χ3n) is 5.87. The number of rotatable bonds is 8. The van der Waals surface area contributed by atoms with E-state index in [0.717, 1.165) is 31.4 Å². The lowest BCUT2D eigenvalue weighted by Crippen LogP contribution is -2.26. The Bertz CT molecular complexity index is 1300. The van der Waals surface area contributed by atoms with Gasteiger partial charge in [0.05, 0.1) is 16.7 Å². The predicted octanol–water partition coefficient (Wildman–Crippen LogP) is 5.30. The summed E-state index contributed by atoms with van der Waals surface area (Å²) in [5, 5.41) is 2.87. The Balaban J connectivity index is 1.51. The minimum absolute atomic E-state index is 0.00809. The van der Waals surface area contributed by atoms with Gasteiger partial charge in [-0.15, -0.1) is 0 Å². The summed E-state index contributed by atoms with van der Waals surface area (Å²) >= 11 is 0. The Kier molecular flexibility index (Phi) is 7.73. The number of aryl methyl sites for hydroxylation is 2. The lowest BCUT2D eigenvalue weighted by molar-refractivity contribution is -0.0109. The molecule has 1 saturated heterocycles. The summed E-state index contributed by atoms with van der Waals surface area (Å²) in [6.07, 6.45) is 3.17. The molecule has 4 rings (SSSR count). The molecule has 1 fully saturated rings. The normalized spacial score (nSPS) is 15.9. The lowest BCUT2D eigenvalue weighted by Gasteiger charge is -2.23. The van der Waals surface area contributed by atoms with Crippen LogP contribution in [0.5, 0.6) is 5.75 Å². The van der Waals surface area contributed by atoms with Crippen LogP contribution in [-0.2, 0) is 14.8 Å². The first-order valence-corrected chi connectivity index (χ1v) is 13.1. The molecule has 35 heavy (non-hydrogen) atoms. The van der Waals surface area contributed by atoms with E-state index in [9.17, 15) is 13.2 Å². The Morgan fingerprint density at radius 1 is 1.03 bits per heavy atom. The molecular formula is C27H30N2O5S. The highest BCUT2D eigenvalue weighted by Crippen LogP contribution is 2.27. The molecule has 3 aromatic rings. The van der Waals surface area contributed by atoms with Crippen LogP contribution < -0.4 is 14.8 Å². The maximum atomic E-state index is 13.2. The number of carbonyl (C=O) groups is 1. The van der Waals surface area contributed by atoms with Crippen LogP contribution >= 0.6 is 0 Å². The Hall–Kier alpha value is -3.36. The monoisotopic (exact) mass is 494 g/mol. The van der Waals surface area contributed by atoms with Crippen molar-refractivity contribution in [1.82, 2.24) is 0 Å². The summed E-state index contributed by atoms with van der Waals surface area (Å²) in [6, 6.07) is 18.8. The highest BCUT2D eigenvalue weighted by atomic mass is 32.2. The molecule has 2 N–H and O–H groups in total. The number of amides is 1. The maximum absolute atomic E-state index is 13.2. The van der Waals surface area contributed by atoms with Gasteiger partial charge in [-0.05, 0) is 80.6 Å². The lowest BCUT2D eigenvalue weighted by atomic mass is 10.1. The predicted molar refractivity (Wildman–Crippen MR) is 137 cm³/mol. The van der Waals surface area contributed by atoms with Gasteiger partial charge in [-0.3, -0.25) is 9.52 Å². The number of ether oxygens (including phenoxy) is 2. The van der Waals surface area contributed by atoms with Gasteiger partial charge >= 0.3 is 0 Å². The minimum Gasteiger partial charge on any atom is -0.489 e. The van der Waals surface area contributed by atoms with Crippen molar-refractivity contribution in [1.29, 1.82) is 0 Å². The summed E-state index contributed by atoms with van der Waals surface area (Å²) < 4.78 is 40.2. The number of nitrogens with one attached hydrogen (secondary N) is 2. The van der Waals surface area contributed by atoms with Crippen molar-refractivity contribution in [3.05, 3.63) is 83.4 Å². The first-order valence-electron chi connectivity index (χ1n) is 11.7. The molecule has 1 aliphatic rings. The molecular weight excluding hydrogens is 464 g/mol. The molecule has 1 amide bonds. The molecule has 184 valence electrons. The van der Waals surface area contributed by atoms with Crippen molar-refractivity contribution in [2.45, 2.75) is 44.1 Å². The van der Waals surface area contributed by atoms with Crippen LogP contribution in [0.15, 0.2) is 71.6 Å². The summed E-state index contributed by atoms with van der Waals surface area (Å²) in [7, 11) is -3.87. The molecule has 0 bridgehead atoms. The largest absolute Gasteiger partial charge is 0.489 e. The number of para-hydroxylation sites is 2. The molecule has 8 heteroatoms. The summed E-state index contributed by atoms with van der Waals surface area (Å²) in [5.41, 5.74) is 2.84. The molecule has 0 saturated carbocycles. The van der Waals surface area contributed by atoms with E-state index in [1.54, 1.807) is 49.4 Å². The van der Waals surface area contributed by atoms with Crippen molar-refractivity contribution in [3.8, 4) is 5.75 Å². The van der Waals surface area contributed by atoms with Crippen molar-refractivity contribution < 1.29 is 22.7 Å². The van der Waals surface area contributed by atoms with Crippen LogP contribution in [-0.4, -0.2) is 33.6 Å². The van der Waals surface area contributed by atoms with Gasteiger partial charge in [0.25, 0.3) is 15.9 Å². The summed E-state index contributed by atoms with van der Waals surface area (Å²) in [4.78, 5) is 13.2. The SMILES string of the molecule is Cc1cccc(NS(=O)(=O)c2ccc(C)c(C(=O)Nc3ccccc3OCC3CCCCO3)c2)c1. The fourth-order valence-electron chi connectivity index (χ4n) is 3.94. The molecule has 7 nitrogen and oxygen atoms in total. The quantitative estimate of drug-likeness (QED) is 0.443. The molecule has 0 spiro atoms. The van der Waals surface area contributed by atoms with Gasteiger partial charge in [-0.1, -0.05) is 30.3 Å². The Morgan fingerprint density at radius 3 is 2.63 bits per heavy atom. The fourth-order valence-corrected chi connectivity index (χ4v) is 5.02. The average molecular weight is 495 g/mol. The second-order valence-electron chi connectivity index (χ2n) is 8.70. The second kappa shape index (κ2) is 10.9.